The average Bonchev–Trinajstić information content (AvgIpc) is 2.54. The number of amides is 1. The molecular weight excluding hydrogens is 355 g/mol. The number of piperidine rings is 1. The van der Waals surface area contributed by atoms with Crippen molar-refractivity contribution in [1.29, 1.82) is 0 Å². The van der Waals surface area contributed by atoms with Crippen molar-refractivity contribution in [2.75, 3.05) is 13.1 Å². The van der Waals surface area contributed by atoms with Gasteiger partial charge in [-0.05, 0) is 33.2 Å². The highest BCUT2D eigenvalue weighted by Gasteiger charge is 2.40. The molecule has 1 aromatic carbocycles. The minimum atomic E-state index is -4.94. The summed E-state index contributed by atoms with van der Waals surface area (Å²) in [6.07, 6.45) is -3.55. The zero-order valence-electron chi connectivity index (χ0n) is 14.3. The van der Waals surface area contributed by atoms with Crippen LogP contribution in [0.25, 0.3) is 0 Å². The lowest BCUT2D eigenvalue weighted by molar-refractivity contribution is -0.385. The zero-order chi connectivity index (χ0) is 19.6. The van der Waals surface area contributed by atoms with Crippen molar-refractivity contribution in [1.82, 2.24) is 10.2 Å². The van der Waals surface area contributed by atoms with Gasteiger partial charge in [0.1, 0.15) is 0 Å². The van der Waals surface area contributed by atoms with Gasteiger partial charge >= 0.3 is 11.9 Å². The van der Waals surface area contributed by atoms with Crippen molar-refractivity contribution in [3.63, 3.8) is 0 Å². The fourth-order valence-corrected chi connectivity index (χ4v) is 3.17. The minimum absolute atomic E-state index is 0.239. The van der Waals surface area contributed by atoms with Crippen molar-refractivity contribution in [3.05, 3.63) is 33.4 Å². The Morgan fingerprint density at radius 2 is 2.08 bits per heavy atom. The van der Waals surface area contributed by atoms with Gasteiger partial charge in [-0.25, -0.2) is 0 Å². The summed E-state index contributed by atoms with van der Waals surface area (Å²) in [5.74, 6) is -2.07. The van der Waals surface area contributed by atoms with Crippen LogP contribution in [-0.2, 0) is 6.18 Å². The second-order valence-electron chi connectivity index (χ2n) is 6.45. The van der Waals surface area contributed by atoms with Gasteiger partial charge in [0.25, 0.3) is 5.91 Å². The Labute approximate surface area is 147 Å². The van der Waals surface area contributed by atoms with Gasteiger partial charge in [0.2, 0.25) is 0 Å². The molecule has 26 heavy (non-hydrogen) atoms. The number of nitrogens with zero attached hydrogens (tertiary/aromatic N) is 2. The van der Waals surface area contributed by atoms with Crippen LogP contribution in [0.1, 0.15) is 42.6 Å². The number of halogens is 3. The van der Waals surface area contributed by atoms with Gasteiger partial charge in [0.15, 0.2) is 5.75 Å². The Morgan fingerprint density at radius 1 is 1.42 bits per heavy atom. The Balaban J connectivity index is 2.57. The van der Waals surface area contributed by atoms with E-state index in [9.17, 15) is 33.2 Å². The molecule has 1 fully saturated rings. The average molecular weight is 375 g/mol. The van der Waals surface area contributed by atoms with E-state index >= 15 is 0 Å². The summed E-state index contributed by atoms with van der Waals surface area (Å²) in [5, 5.41) is 23.6. The monoisotopic (exact) mass is 375 g/mol. The van der Waals surface area contributed by atoms with E-state index < -0.39 is 45.6 Å². The third-order valence-electron chi connectivity index (χ3n) is 4.30. The molecule has 1 unspecified atom stereocenters. The molecule has 1 heterocycles. The number of nitro benzene ring substituents is 1. The quantitative estimate of drug-likeness (QED) is 0.623. The van der Waals surface area contributed by atoms with Gasteiger partial charge in [-0.15, -0.1) is 0 Å². The van der Waals surface area contributed by atoms with Crippen LogP contribution in [0.3, 0.4) is 0 Å². The predicted octanol–water partition coefficient (Wildman–Crippen LogP) is 2.92. The van der Waals surface area contributed by atoms with Crippen LogP contribution in [0.2, 0.25) is 0 Å². The number of nitro groups is 1. The van der Waals surface area contributed by atoms with E-state index in [1.807, 2.05) is 0 Å². The van der Waals surface area contributed by atoms with Crippen LogP contribution in [0.5, 0.6) is 5.75 Å². The molecule has 1 atom stereocenters. The molecule has 0 spiro atoms. The van der Waals surface area contributed by atoms with Crippen molar-refractivity contribution in [2.45, 2.75) is 44.9 Å². The van der Waals surface area contributed by atoms with E-state index in [1.165, 1.54) is 4.90 Å². The normalized spacial score (nSPS) is 18.0. The molecule has 7 nitrogen and oxygen atoms in total. The number of nitrogens with one attached hydrogen (secondary N) is 1. The Kier molecular flexibility index (Phi) is 5.74. The van der Waals surface area contributed by atoms with Crippen LogP contribution in [0.4, 0.5) is 18.9 Å². The summed E-state index contributed by atoms with van der Waals surface area (Å²) in [6.45, 7) is 4.55. The largest absolute Gasteiger partial charge is 0.502 e. The van der Waals surface area contributed by atoms with Gasteiger partial charge in [-0.1, -0.05) is 0 Å². The lowest BCUT2D eigenvalue weighted by Crippen LogP contribution is -2.51. The van der Waals surface area contributed by atoms with Gasteiger partial charge in [0.05, 0.1) is 16.1 Å². The van der Waals surface area contributed by atoms with Gasteiger partial charge in [0, 0.05) is 30.8 Å². The molecule has 0 radical (unpaired) electrons. The Bertz CT molecular complexity index is 701. The van der Waals surface area contributed by atoms with E-state index in [4.69, 9.17) is 0 Å². The molecule has 0 saturated carbocycles. The summed E-state index contributed by atoms with van der Waals surface area (Å²) in [5.41, 5.74) is -3.16. The fourth-order valence-electron chi connectivity index (χ4n) is 3.17. The SMILES string of the molecule is CC(C)N(C(=O)c1cc([N+](=O)[O-])c(O)cc1C(F)(F)F)C1CCCNC1. The van der Waals surface area contributed by atoms with E-state index in [2.05, 4.69) is 5.32 Å². The smallest absolute Gasteiger partial charge is 0.417 e. The molecule has 0 aliphatic carbocycles. The van der Waals surface area contributed by atoms with Crippen molar-refractivity contribution in [2.24, 2.45) is 0 Å². The minimum Gasteiger partial charge on any atom is -0.502 e. The van der Waals surface area contributed by atoms with E-state index in [1.54, 1.807) is 13.8 Å². The highest BCUT2D eigenvalue weighted by molar-refractivity contribution is 5.97. The molecule has 2 rings (SSSR count). The number of phenolic OH excluding ortho intramolecular Hbond substituents is 1. The molecule has 10 heteroatoms. The Morgan fingerprint density at radius 3 is 2.54 bits per heavy atom. The van der Waals surface area contributed by atoms with Crippen LogP contribution in [0.15, 0.2) is 12.1 Å². The fraction of sp³-hybridized carbons (Fsp3) is 0.562. The van der Waals surface area contributed by atoms with Crippen molar-refractivity contribution < 1.29 is 28.0 Å². The second-order valence-corrected chi connectivity index (χ2v) is 6.45. The molecule has 144 valence electrons. The molecular formula is C16H20F3N3O4. The summed E-state index contributed by atoms with van der Waals surface area (Å²) < 4.78 is 40.1. The number of benzene rings is 1. The molecule has 2 N–H and O–H groups in total. The number of aromatic hydroxyl groups is 1. The van der Waals surface area contributed by atoms with Crippen LogP contribution < -0.4 is 5.32 Å². The number of rotatable bonds is 4. The number of carbonyl (C=O) groups excluding carboxylic acids is 1. The molecule has 0 aromatic heterocycles. The summed E-state index contributed by atoms with van der Waals surface area (Å²) in [7, 11) is 0. The summed E-state index contributed by atoms with van der Waals surface area (Å²) >= 11 is 0. The van der Waals surface area contributed by atoms with Crippen molar-refractivity contribution >= 4 is 11.6 Å². The molecule has 1 saturated heterocycles. The highest BCUT2D eigenvalue weighted by Crippen LogP contribution is 2.39. The number of phenols is 1. The lowest BCUT2D eigenvalue weighted by Gasteiger charge is -2.38. The number of alkyl halides is 3. The molecule has 1 aliphatic rings. The lowest BCUT2D eigenvalue weighted by atomic mass is 9.99. The highest BCUT2D eigenvalue weighted by atomic mass is 19.4. The topological polar surface area (TPSA) is 95.7 Å². The van der Waals surface area contributed by atoms with Crippen LogP contribution >= 0.6 is 0 Å². The Hall–Kier alpha value is -2.36. The first kappa shape index (κ1) is 20.0. The number of hydrogen-bond donors (Lipinski definition) is 2. The standard InChI is InChI=1S/C16H20F3N3O4/c1-9(2)21(10-4-3-5-20-8-10)15(24)11-6-13(22(25)26)14(23)7-12(11)16(17,18)19/h6-7,9-10,20,23H,3-5,8H2,1-2H3. The van der Waals surface area contributed by atoms with Crippen LogP contribution in [-0.4, -0.2) is 46.0 Å². The zero-order valence-corrected chi connectivity index (χ0v) is 14.3. The van der Waals surface area contributed by atoms with E-state index in [-0.39, 0.29) is 12.1 Å². The van der Waals surface area contributed by atoms with Crippen molar-refractivity contribution in [3.8, 4) is 5.75 Å². The van der Waals surface area contributed by atoms with Gasteiger partial charge in [-0.2, -0.15) is 13.2 Å². The third-order valence-corrected chi connectivity index (χ3v) is 4.30. The molecule has 0 bridgehead atoms. The first-order valence-corrected chi connectivity index (χ1v) is 8.16. The second kappa shape index (κ2) is 7.48. The molecule has 1 amide bonds. The summed E-state index contributed by atoms with van der Waals surface area (Å²) in [4.78, 5) is 24.2. The first-order valence-electron chi connectivity index (χ1n) is 8.16. The maximum absolute atomic E-state index is 13.4. The van der Waals surface area contributed by atoms with E-state index in [0.29, 0.717) is 19.0 Å². The van der Waals surface area contributed by atoms with Gasteiger partial charge < -0.3 is 15.3 Å². The van der Waals surface area contributed by atoms with Crippen LogP contribution in [0, 0.1) is 10.1 Å². The molecule has 1 aromatic rings. The summed E-state index contributed by atoms with van der Waals surface area (Å²) in [6, 6.07) is 0.0290. The maximum Gasteiger partial charge on any atom is 0.417 e. The van der Waals surface area contributed by atoms with Gasteiger partial charge in [-0.3, -0.25) is 14.9 Å². The third kappa shape index (κ3) is 4.06. The number of carbonyl (C=O) groups is 1. The maximum atomic E-state index is 13.4. The van der Waals surface area contributed by atoms with E-state index in [0.717, 1.165) is 13.0 Å². The predicted molar refractivity (Wildman–Crippen MR) is 87.0 cm³/mol. The molecule has 1 aliphatic heterocycles. The number of hydrogen-bond acceptors (Lipinski definition) is 5. The first-order chi connectivity index (χ1) is 12.0.